The Hall–Kier alpha value is -3.48. The third-order valence-electron chi connectivity index (χ3n) is 5.36. The van der Waals surface area contributed by atoms with Crippen LogP contribution in [0.15, 0.2) is 48.5 Å². The van der Waals surface area contributed by atoms with E-state index in [4.69, 9.17) is 4.74 Å². The number of hydrogen-bond donors (Lipinski definition) is 0. The molecule has 148 valence electrons. The van der Waals surface area contributed by atoms with Crippen LogP contribution in [-0.2, 0) is 20.7 Å². The first-order chi connectivity index (χ1) is 14.0. The van der Waals surface area contributed by atoms with E-state index in [2.05, 4.69) is 0 Å². The van der Waals surface area contributed by atoms with Crippen molar-refractivity contribution in [1.82, 2.24) is 9.80 Å². The third kappa shape index (κ3) is 3.18. The maximum atomic E-state index is 12.8. The zero-order valence-electron chi connectivity index (χ0n) is 16.0. The average Bonchev–Trinajstić information content (AvgIpc) is 2.98. The van der Waals surface area contributed by atoms with Crippen LogP contribution in [0.2, 0.25) is 0 Å². The van der Waals surface area contributed by atoms with E-state index >= 15 is 0 Å². The summed E-state index contributed by atoms with van der Waals surface area (Å²) in [7, 11) is 0. The predicted molar refractivity (Wildman–Crippen MR) is 103 cm³/mol. The summed E-state index contributed by atoms with van der Waals surface area (Å²) in [5.74, 6) is -2.48. The van der Waals surface area contributed by atoms with Crippen LogP contribution in [0.5, 0.6) is 0 Å². The molecule has 0 fully saturated rings. The Morgan fingerprint density at radius 3 is 2.28 bits per heavy atom. The van der Waals surface area contributed by atoms with E-state index < -0.39 is 29.7 Å². The van der Waals surface area contributed by atoms with Crippen molar-refractivity contribution in [1.29, 1.82) is 0 Å². The number of esters is 1. The van der Waals surface area contributed by atoms with Crippen LogP contribution < -0.4 is 0 Å². The van der Waals surface area contributed by atoms with E-state index in [0.29, 0.717) is 24.1 Å². The number of carbonyl (C=O) groups excluding carboxylic acids is 4. The van der Waals surface area contributed by atoms with Gasteiger partial charge in [-0.05, 0) is 36.6 Å². The minimum Gasteiger partial charge on any atom is -0.459 e. The van der Waals surface area contributed by atoms with Crippen LogP contribution in [0.1, 0.15) is 44.8 Å². The van der Waals surface area contributed by atoms with Crippen molar-refractivity contribution < 1.29 is 23.9 Å². The first kappa shape index (κ1) is 18.9. The first-order valence-electron chi connectivity index (χ1n) is 9.53. The number of rotatable bonds is 3. The average molecular weight is 392 g/mol. The number of benzene rings is 2. The largest absolute Gasteiger partial charge is 0.459 e. The predicted octanol–water partition coefficient (Wildman–Crippen LogP) is 1.97. The summed E-state index contributed by atoms with van der Waals surface area (Å²) in [6, 6.07) is 13.6. The lowest BCUT2D eigenvalue weighted by Crippen LogP contribution is -2.49. The van der Waals surface area contributed by atoms with Crippen molar-refractivity contribution in [3.63, 3.8) is 0 Å². The Morgan fingerprint density at radius 1 is 1.00 bits per heavy atom. The standard InChI is InChI=1S/C22H20N2O5/c1-2-29-22(28)21(27)23-12-11-14-7-3-4-8-15(14)18(23)13-24-19(25)16-9-5-6-10-17(16)20(24)26/h3-10,18H,2,11-13H2,1H3/t18-/m0/s1. The summed E-state index contributed by atoms with van der Waals surface area (Å²) in [4.78, 5) is 53.0. The summed E-state index contributed by atoms with van der Waals surface area (Å²) in [5.41, 5.74) is 2.56. The van der Waals surface area contributed by atoms with Gasteiger partial charge in [0, 0.05) is 6.54 Å². The Bertz CT molecular complexity index is 981. The van der Waals surface area contributed by atoms with Gasteiger partial charge in [0.05, 0.1) is 30.3 Å². The van der Waals surface area contributed by atoms with Crippen molar-refractivity contribution in [2.75, 3.05) is 19.7 Å². The molecule has 0 bridgehead atoms. The molecule has 0 spiro atoms. The minimum atomic E-state index is -0.931. The van der Waals surface area contributed by atoms with Crippen molar-refractivity contribution >= 4 is 23.7 Å². The van der Waals surface area contributed by atoms with Crippen LogP contribution >= 0.6 is 0 Å². The highest BCUT2D eigenvalue weighted by Crippen LogP contribution is 2.33. The van der Waals surface area contributed by atoms with E-state index in [1.807, 2.05) is 24.3 Å². The second kappa shape index (κ2) is 7.50. The number of carbonyl (C=O) groups is 4. The van der Waals surface area contributed by atoms with E-state index in [1.54, 1.807) is 31.2 Å². The van der Waals surface area contributed by atoms with E-state index in [-0.39, 0.29) is 13.2 Å². The smallest absolute Gasteiger partial charge is 0.397 e. The molecule has 0 aliphatic carbocycles. The first-order valence-corrected chi connectivity index (χ1v) is 9.53. The summed E-state index contributed by atoms with van der Waals surface area (Å²) in [6.45, 7) is 2.02. The number of amides is 3. The monoisotopic (exact) mass is 392 g/mol. The van der Waals surface area contributed by atoms with Crippen LogP contribution in [-0.4, -0.2) is 53.2 Å². The molecule has 29 heavy (non-hydrogen) atoms. The highest BCUT2D eigenvalue weighted by atomic mass is 16.5. The Balaban J connectivity index is 1.68. The fourth-order valence-electron chi connectivity index (χ4n) is 3.98. The van der Waals surface area contributed by atoms with Gasteiger partial charge in [-0.1, -0.05) is 36.4 Å². The molecule has 0 saturated heterocycles. The molecule has 0 unspecified atom stereocenters. The Morgan fingerprint density at radius 2 is 1.62 bits per heavy atom. The van der Waals surface area contributed by atoms with Gasteiger partial charge < -0.3 is 9.64 Å². The van der Waals surface area contributed by atoms with Crippen LogP contribution in [0.3, 0.4) is 0 Å². The van der Waals surface area contributed by atoms with Crippen LogP contribution in [0, 0.1) is 0 Å². The van der Waals surface area contributed by atoms with Gasteiger partial charge in [-0.3, -0.25) is 19.3 Å². The lowest BCUT2D eigenvalue weighted by molar-refractivity contribution is -0.161. The maximum absolute atomic E-state index is 12.8. The lowest BCUT2D eigenvalue weighted by atomic mass is 9.92. The number of imide groups is 1. The fraction of sp³-hybridized carbons (Fsp3) is 0.273. The fourth-order valence-corrected chi connectivity index (χ4v) is 3.98. The molecule has 2 heterocycles. The molecular weight excluding hydrogens is 372 g/mol. The molecule has 0 N–H and O–H groups in total. The Kier molecular flexibility index (Phi) is 4.88. The summed E-state index contributed by atoms with van der Waals surface area (Å²) < 4.78 is 4.88. The molecule has 2 aromatic rings. The zero-order chi connectivity index (χ0) is 20.5. The molecule has 0 aromatic heterocycles. The van der Waals surface area contributed by atoms with Crippen LogP contribution in [0.25, 0.3) is 0 Å². The number of ether oxygens (including phenoxy) is 1. The highest BCUT2D eigenvalue weighted by molar-refractivity contribution is 6.32. The van der Waals surface area contributed by atoms with Gasteiger partial charge >= 0.3 is 11.9 Å². The van der Waals surface area contributed by atoms with Crippen molar-refractivity contribution in [2.24, 2.45) is 0 Å². The molecular formula is C22H20N2O5. The van der Waals surface area contributed by atoms with Gasteiger partial charge in [0.2, 0.25) is 0 Å². The van der Waals surface area contributed by atoms with Gasteiger partial charge in [0.1, 0.15) is 0 Å². The highest BCUT2D eigenvalue weighted by Gasteiger charge is 2.41. The van der Waals surface area contributed by atoms with Crippen molar-refractivity contribution in [2.45, 2.75) is 19.4 Å². The summed E-state index contributed by atoms with van der Waals surface area (Å²) >= 11 is 0. The molecule has 0 radical (unpaired) electrons. The molecule has 7 nitrogen and oxygen atoms in total. The molecule has 2 aliphatic heterocycles. The lowest BCUT2D eigenvalue weighted by Gasteiger charge is -2.38. The number of nitrogens with zero attached hydrogens (tertiary/aromatic N) is 2. The van der Waals surface area contributed by atoms with Gasteiger partial charge in [-0.2, -0.15) is 0 Å². The number of hydrogen-bond acceptors (Lipinski definition) is 5. The second-order valence-corrected chi connectivity index (χ2v) is 6.95. The summed E-state index contributed by atoms with van der Waals surface area (Å²) in [6.07, 6.45) is 0.583. The molecule has 1 atom stereocenters. The van der Waals surface area contributed by atoms with Crippen molar-refractivity contribution in [3.8, 4) is 0 Å². The van der Waals surface area contributed by atoms with Crippen LogP contribution in [0.4, 0.5) is 0 Å². The van der Waals surface area contributed by atoms with Gasteiger partial charge in [0.15, 0.2) is 0 Å². The van der Waals surface area contributed by atoms with Gasteiger partial charge in [0.25, 0.3) is 11.8 Å². The van der Waals surface area contributed by atoms with Crippen molar-refractivity contribution in [3.05, 3.63) is 70.8 Å². The molecule has 2 aliphatic rings. The maximum Gasteiger partial charge on any atom is 0.397 e. The molecule has 7 heteroatoms. The Labute approximate surface area is 167 Å². The van der Waals surface area contributed by atoms with E-state index in [0.717, 1.165) is 16.0 Å². The van der Waals surface area contributed by atoms with Gasteiger partial charge in [-0.15, -0.1) is 0 Å². The molecule has 3 amide bonds. The molecule has 4 rings (SSSR count). The minimum absolute atomic E-state index is 0.0193. The normalized spacial score (nSPS) is 17.8. The number of fused-ring (bicyclic) bond motifs is 2. The van der Waals surface area contributed by atoms with E-state index in [9.17, 15) is 19.2 Å². The quantitative estimate of drug-likeness (QED) is 0.453. The molecule has 2 aromatic carbocycles. The third-order valence-corrected chi connectivity index (χ3v) is 5.36. The zero-order valence-corrected chi connectivity index (χ0v) is 16.0. The topological polar surface area (TPSA) is 84.0 Å². The summed E-state index contributed by atoms with van der Waals surface area (Å²) in [5, 5.41) is 0. The second-order valence-electron chi connectivity index (χ2n) is 6.95. The SMILES string of the molecule is CCOC(=O)C(=O)N1CCc2ccccc2[C@@H]1CN1C(=O)c2ccccc2C1=O. The van der Waals surface area contributed by atoms with Gasteiger partial charge in [-0.25, -0.2) is 4.79 Å². The molecule has 0 saturated carbocycles. The van der Waals surface area contributed by atoms with E-state index in [1.165, 1.54) is 4.90 Å².